The van der Waals surface area contributed by atoms with Crippen LogP contribution < -0.4 is 0 Å². The summed E-state index contributed by atoms with van der Waals surface area (Å²) in [7, 11) is 0. The van der Waals surface area contributed by atoms with E-state index in [9.17, 15) is 18.4 Å². The van der Waals surface area contributed by atoms with Crippen molar-refractivity contribution in [3.8, 4) is 0 Å². The topological polar surface area (TPSA) is 63.6 Å². The summed E-state index contributed by atoms with van der Waals surface area (Å²) < 4.78 is 32.2. The van der Waals surface area contributed by atoms with Crippen molar-refractivity contribution >= 4 is 11.9 Å². The maximum Gasteiger partial charge on any atom is 0.309 e. The van der Waals surface area contributed by atoms with Gasteiger partial charge in [-0.3, -0.25) is 9.59 Å². The van der Waals surface area contributed by atoms with Gasteiger partial charge in [0.15, 0.2) is 0 Å². The predicted octanol–water partition coefficient (Wildman–Crippen LogP) is 1.54. The van der Waals surface area contributed by atoms with E-state index in [1.807, 2.05) is 0 Å². The third-order valence-corrected chi connectivity index (χ3v) is 4.01. The monoisotopic (exact) mass is 248 g/mol. The standard InChI is InChI=1S/C11H14F2O4/c1-4-7(9(14)15)8-5(2)17-10(16)6(8)3-11(4,12)13/h4-8H,3H2,1-2H3,(H,14,15)/t4?,5-,6?,7+,8-/m1/s1. The largest absolute Gasteiger partial charge is 0.481 e. The molecule has 6 heteroatoms. The Hall–Kier alpha value is -1.20. The SMILES string of the molecule is CC1[C@H](C(=O)O)[C@H]2C(CC1(F)F)C(=O)O[C@@H]2C. The lowest BCUT2D eigenvalue weighted by Crippen LogP contribution is -2.50. The zero-order chi connectivity index (χ0) is 13.0. The first kappa shape index (κ1) is 12.3. The number of carbonyl (C=O) groups excluding carboxylic acids is 1. The lowest BCUT2D eigenvalue weighted by Gasteiger charge is -2.40. The minimum absolute atomic E-state index is 0.604. The molecule has 2 fully saturated rings. The number of esters is 1. The molecule has 0 amide bonds. The molecule has 1 heterocycles. The molecule has 2 aliphatic rings. The second-order valence-electron chi connectivity index (χ2n) is 4.94. The average Bonchev–Trinajstić information content (AvgIpc) is 2.43. The normalized spacial score (nSPS) is 44.0. The molecule has 2 unspecified atom stereocenters. The Balaban J connectivity index is 2.40. The Morgan fingerprint density at radius 3 is 2.59 bits per heavy atom. The number of ether oxygens (including phenoxy) is 1. The number of carbonyl (C=O) groups is 2. The van der Waals surface area contributed by atoms with Crippen molar-refractivity contribution in [1.29, 1.82) is 0 Å². The highest BCUT2D eigenvalue weighted by atomic mass is 19.3. The summed E-state index contributed by atoms with van der Waals surface area (Å²) in [5.74, 6) is -9.25. The molecule has 1 saturated carbocycles. The van der Waals surface area contributed by atoms with Gasteiger partial charge in [0.2, 0.25) is 0 Å². The zero-order valence-corrected chi connectivity index (χ0v) is 9.52. The van der Waals surface area contributed by atoms with Crippen LogP contribution in [0.4, 0.5) is 8.78 Å². The molecule has 0 spiro atoms. The van der Waals surface area contributed by atoms with Crippen LogP contribution in [0.2, 0.25) is 0 Å². The highest BCUT2D eigenvalue weighted by Gasteiger charge is 2.62. The van der Waals surface area contributed by atoms with Gasteiger partial charge in [0, 0.05) is 18.3 Å². The van der Waals surface area contributed by atoms with E-state index in [4.69, 9.17) is 9.84 Å². The fourth-order valence-electron chi connectivity index (χ4n) is 3.05. The first-order chi connectivity index (χ1) is 7.75. The first-order valence-electron chi connectivity index (χ1n) is 5.57. The predicted molar refractivity (Wildman–Crippen MR) is 52.4 cm³/mol. The van der Waals surface area contributed by atoms with Gasteiger partial charge in [-0.15, -0.1) is 0 Å². The van der Waals surface area contributed by atoms with Crippen molar-refractivity contribution in [2.45, 2.75) is 32.3 Å². The molecule has 1 N–H and O–H groups in total. The Labute approximate surface area is 96.9 Å². The zero-order valence-electron chi connectivity index (χ0n) is 9.52. The van der Waals surface area contributed by atoms with Gasteiger partial charge in [0.05, 0.1) is 11.8 Å². The van der Waals surface area contributed by atoms with E-state index in [1.54, 1.807) is 6.92 Å². The van der Waals surface area contributed by atoms with E-state index in [0.29, 0.717) is 0 Å². The molecule has 1 aliphatic carbocycles. The Morgan fingerprint density at radius 2 is 2.06 bits per heavy atom. The maximum atomic E-state index is 13.7. The van der Waals surface area contributed by atoms with E-state index < -0.39 is 54.1 Å². The first-order valence-corrected chi connectivity index (χ1v) is 5.57. The van der Waals surface area contributed by atoms with E-state index >= 15 is 0 Å². The van der Waals surface area contributed by atoms with Gasteiger partial charge in [-0.25, -0.2) is 8.78 Å². The number of carboxylic acid groups (broad SMARTS) is 1. The molecule has 4 nitrogen and oxygen atoms in total. The lowest BCUT2D eigenvalue weighted by atomic mass is 9.64. The quantitative estimate of drug-likeness (QED) is 0.715. The Morgan fingerprint density at radius 1 is 1.47 bits per heavy atom. The summed E-state index contributed by atoms with van der Waals surface area (Å²) in [5, 5.41) is 9.09. The molecular weight excluding hydrogens is 234 g/mol. The van der Waals surface area contributed by atoms with Crippen LogP contribution in [-0.4, -0.2) is 29.1 Å². The number of hydrogen-bond donors (Lipinski definition) is 1. The number of carboxylic acids is 1. The van der Waals surface area contributed by atoms with Crippen LogP contribution in [0.3, 0.4) is 0 Å². The minimum atomic E-state index is -3.13. The molecular formula is C11H14F2O4. The van der Waals surface area contributed by atoms with E-state index in [2.05, 4.69) is 0 Å². The summed E-state index contributed by atoms with van der Waals surface area (Å²) in [6, 6.07) is 0. The highest BCUT2D eigenvalue weighted by Crippen LogP contribution is 2.52. The van der Waals surface area contributed by atoms with Gasteiger partial charge < -0.3 is 9.84 Å². The molecule has 0 aromatic rings. The van der Waals surface area contributed by atoms with Crippen LogP contribution >= 0.6 is 0 Å². The number of halogens is 2. The molecule has 0 aromatic carbocycles. The van der Waals surface area contributed by atoms with Crippen LogP contribution in [-0.2, 0) is 14.3 Å². The molecule has 1 saturated heterocycles. The van der Waals surface area contributed by atoms with Gasteiger partial charge in [-0.2, -0.15) is 0 Å². The fourth-order valence-corrected chi connectivity index (χ4v) is 3.05. The summed E-state index contributed by atoms with van der Waals surface area (Å²) in [6.45, 7) is 2.79. The number of rotatable bonds is 1. The third-order valence-electron chi connectivity index (χ3n) is 4.01. The third kappa shape index (κ3) is 1.70. The van der Waals surface area contributed by atoms with Crippen LogP contribution in [0.5, 0.6) is 0 Å². The van der Waals surface area contributed by atoms with E-state index in [0.717, 1.165) is 0 Å². The van der Waals surface area contributed by atoms with Gasteiger partial charge in [-0.1, -0.05) is 6.92 Å². The molecule has 5 atom stereocenters. The van der Waals surface area contributed by atoms with E-state index in [1.165, 1.54) is 6.92 Å². The van der Waals surface area contributed by atoms with Gasteiger partial charge in [-0.05, 0) is 6.92 Å². The summed E-state index contributed by atoms with van der Waals surface area (Å²) in [4.78, 5) is 22.6. The smallest absolute Gasteiger partial charge is 0.309 e. The van der Waals surface area contributed by atoms with Crippen LogP contribution in [0.1, 0.15) is 20.3 Å². The number of hydrogen-bond acceptors (Lipinski definition) is 3. The van der Waals surface area contributed by atoms with Crippen molar-refractivity contribution < 1.29 is 28.2 Å². The second kappa shape index (κ2) is 3.65. The summed E-state index contributed by atoms with van der Waals surface area (Å²) in [6.07, 6.45) is -1.21. The van der Waals surface area contributed by atoms with Crippen LogP contribution in [0.15, 0.2) is 0 Å². The Kier molecular flexibility index (Phi) is 2.63. The summed E-state index contributed by atoms with van der Waals surface area (Å²) in [5.41, 5.74) is 0. The van der Waals surface area contributed by atoms with Crippen molar-refractivity contribution in [3.05, 3.63) is 0 Å². The van der Waals surface area contributed by atoms with Gasteiger partial charge in [0.25, 0.3) is 5.92 Å². The lowest BCUT2D eigenvalue weighted by molar-refractivity contribution is -0.173. The summed E-state index contributed by atoms with van der Waals surface area (Å²) >= 11 is 0. The van der Waals surface area contributed by atoms with Crippen molar-refractivity contribution in [2.24, 2.45) is 23.7 Å². The highest BCUT2D eigenvalue weighted by molar-refractivity contribution is 5.79. The van der Waals surface area contributed by atoms with Crippen LogP contribution in [0, 0.1) is 23.7 Å². The van der Waals surface area contributed by atoms with Crippen molar-refractivity contribution in [3.63, 3.8) is 0 Å². The average molecular weight is 248 g/mol. The second-order valence-corrected chi connectivity index (χ2v) is 4.94. The van der Waals surface area contributed by atoms with Crippen LogP contribution in [0.25, 0.3) is 0 Å². The Bertz CT molecular complexity index is 368. The van der Waals surface area contributed by atoms with E-state index in [-0.39, 0.29) is 0 Å². The number of fused-ring (bicyclic) bond motifs is 1. The maximum absolute atomic E-state index is 13.7. The number of alkyl halides is 2. The number of cyclic esters (lactones) is 1. The molecule has 1 aliphatic heterocycles. The molecule has 17 heavy (non-hydrogen) atoms. The van der Waals surface area contributed by atoms with Gasteiger partial charge in [0.1, 0.15) is 6.10 Å². The fraction of sp³-hybridized carbons (Fsp3) is 0.818. The minimum Gasteiger partial charge on any atom is -0.481 e. The van der Waals surface area contributed by atoms with Crippen molar-refractivity contribution in [2.75, 3.05) is 0 Å². The van der Waals surface area contributed by atoms with Gasteiger partial charge >= 0.3 is 11.9 Å². The molecule has 0 aromatic heterocycles. The molecule has 2 rings (SSSR count). The number of aliphatic carboxylic acids is 1. The molecule has 0 bridgehead atoms. The molecule has 96 valence electrons. The molecule has 0 radical (unpaired) electrons. The van der Waals surface area contributed by atoms with Crippen molar-refractivity contribution in [1.82, 2.24) is 0 Å².